The highest BCUT2D eigenvalue weighted by molar-refractivity contribution is 7.18. The van der Waals surface area contributed by atoms with Gasteiger partial charge in [-0.1, -0.05) is 23.4 Å². The Morgan fingerprint density at radius 1 is 0.806 bits per heavy atom. The Bertz CT molecular complexity index is 1350. The molecule has 2 heterocycles. The van der Waals surface area contributed by atoms with Gasteiger partial charge in [0.25, 0.3) is 5.89 Å². The number of ether oxygens (including phenoxy) is 1. The molecule has 2 aromatic heterocycles. The molecule has 0 saturated heterocycles. The maximum Gasteiger partial charge on any atom is 0.443 e. The molecule has 5 nitrogen and oxygen atoms in total. The van der Waals surface area contributed by atoms with Gasteiger partial charge in [0.15, 0.2) is 5.01 Å². The molecule has 0 aliphatic heterocycles. The fourth-order valence-corrected chi connectivity index (χ4v) is 3.81. The second-order valence-corrected chi connectivity index (χ2v) is 7.59. The Kier molecular flexibility index (Phi) is 4.67. The third-order valence-corrected chi connectivity index (χ3v) is 5.46. The first kappa shape index (κ1) is 19.3. The van der Waals surface area contributed by atoms with Crippen molar-refractivity contribution >= 4 is 21.6 Å². The smallest absolute Gasteiger partial charge is 0.443 e. The predicted octanol–water partition coefficient (Wildman–Crippen LogP) is 6.82. The fourth-order valence-electron chi connectivity index (χ4n) is 2.93. The van der Waals surface area contributed by atoms with Gasteiger partial charge in [-0.2, -0.15) is 18.2 Å². The van der Waals surface area contributed by atoms with Crippen molar-refractivity contribution in [1.82, 2.24) is 15.1 Å². The number of halogens is 3. The van der Waals surface area contributed by atoms with E-state index < -0.39 is 11.2 Å². The number of nitrogens with zero attached hydrogens (tertiary/aromatic N) is 3. The van der Waals surface area contributed by atoms with E-state index in [9.17, 15) is 13.2 Å². The number of hydrogen-bond acceptors (Lipinski definition) is 6. The summed E-state index contributed by atoms with van der Waals surface area (Å²) in [5.74, 6) is 1.96. The van der Waals surface area contributed by atoms with Gasteiger partial charge in [-0.25, -0.2) is 4.98 Å². The molecule has 0 amide bonds. The summed E-state index contributed by atoms with van der Waals surface area (Å²) in [6.07, 6.45) is -4.47. The van der Waals surface area contributed by atoms with Crippen molar-refractivity contribution in [2.45, 2.75) is 6.18 Å². The molecular weight excluding hydrogens is 427 g/mol. The van der Waals surface area contributed by atoms with Crippen LogP contribution in [-0.2, 0) is 6.18 Å². The number of fused-ring (bicyclic) bond motifs is 1. The van der Waals surface area contributed by atoms with Crippen LogP contribution in [0.25, 0.3) is 33.1 Å². The van der Waals surface area contributed by atoms with Crippen molar-refractivity contribution in [3.63, 3.8) is 0 Å². The minimum atomic E-state index is -4.47. The van der Waals surface area contributed by atoms with E-state index >= 15 is 0 Å². The normalized spacial score (nSPS) is 11.7. The molecule has 0 saturated carbocycles. The zero-order valence-corrected chi connectivity index (χ0v) is 16.4. The van der Waals surface area contributed by atoms with Gasteiger partial charge in [0.05, 0.1) is 10.2 Å². The molecule has 0 fully saturated rings. The molecule has 9 heteroatoms. The average Bonchev–Trinajstić information content (AvgIpc) is 3.42. The maximum atomic E-state index is 12.9. The molecule has 0 atom stereocenters. The Labute approximate surface area is 177 Å². The van der Waals surface area contributed by atoms with Crippen LogP contribution >= 0.6 is 11.3 Å². The molecule has 31 heavy (non-hydrogen) atoms. The van der Waals surface area contributed by atoms with Gasteiger partial charge in [0.2, 0.25) is 5.82 Å². The second-order valence-electron chi connectivity index (χ2n) is 6.56. The van der Waals surface area contributed by atoms with E-state index in [0.29, 0.717) is 38.8 Å². The van der Waals surface area contributed by atoms with Crippen LogP contribution in [0.4, 0.5) is 13.2 Å². The first-order valence-corrected chi connectivity index (χ1v) is 9.92. The largest absolute Gasteiger partial charge is 0.457 e. The van der Waals surface area contributed by atoms with Crippen LogP contribution in [0.2, 0.25) is 0 Å². The van der Waals surface area contributed by atoms with Crippen LogP contribution in [0.15, 0.2) is 77.3 Å². The van der Waals surface area contributed by atoms with Gasteiger partial charge in [0.1, 0.15) is 11.5 Å². The van der Waals surface area contributed by atoms with E-state index in [1.807, 2.05) is 30.3 Å². The number of para-hydroxylation sites is 1. The highest BCUT2D eigenvalue weighted by atomic mass is 32.1. The minimum absolute atomic E-state index is 0.277. The van der Waals surface area contributed by atoms with Crippen molar-refractivity contribution in [2.75, 3.05) is 0 Å². The molecule has 5 aromatic rings. The van der Waals surface area contributed by atoms with E-state index in [0.717, 1.165) is 5.75 Å². The summed E-state index contributed by atoms with van der Waals surface area (Å²) < 4.78 is 50.2. The van der Waals surface area contributed by atoms with Crippen molar-refractivity contribution < 1.29 is 22.4 Å². The SMILES string of the molecule is FC(F)(F)c1nc2ccc(-c3noc(-c4ccc(Oc5ccccc5)cc4)n3)cc2s1. The van der Waals surface area contributed by atoms with Gasteiger partial charge in [-0.15, -0.1) is 11.3 Å². The van der Waals surface area contributed by atoms with Gasteiger partial charge < -0.3 is 9.26 Å². The molecule has 0 bridgehead atoms. The van der Waals surface area contributed by atoms with Crippen LogP contribution in [0.1, 0.15) is 5.01 Å². The first-order valence-electron chi connectivity index (χ1n) is 9.11. The third-order valence-electron chi connectivity index (χ3n) is 4.40. The molecule has 0 aliphatic carbocycles. The van der Waals surface area contributed by atoms with Gasteiger partial charge >= 0.3 is 6.18 Å². The van der Waals surface area contributed by atoms with Crippen molar-refractivity contribution in [1.29, 1.82) is 0 Å². The zero-order chi connectivity index (χ0) is 21.4. The maximum absolute atomic E-state index is 12.9. The quantitative estimate of drug-likeness (QED) is 0.307. The molecule has 0 unspecified atom stereocenters. The van der Waals surface area contributed by atoms with Crippen LogP contribution in [0.5, 0.6) is 11.5 Å². The van der Waals surface area contributed by atoms with Gasteiger partial charge in [-0.05, 0) is 54.6 Å². The number of hydrogen-bond donors (Lipinski definition) is 0. The van der Waals surface area contributed by atoms with E-state index in [-0.39, 0.29) is 11.3 Å². The topological polar surface area (TPSA) is 61.0 Å². The Morgan fingerprint density at radius 2 is 1.52 bits per heavy atom. The number of rotatable bonds is 4. The van der Waals surface area contributed by atoms with Gasteiger partial charge in [0, 0.05) is 11.1 Å². The first-order chi connectivity index (χ1) is 15.0. The monoisotopic (exact) mass is 439 g/mol. The number of benzene rings is 3. The Hall–Kier alpha value is -3.72. The van der Waals surface area contributed by atoms with E-state index in [2.05, 4.69) is 15.1 Å². The molecule has 5 rings (SSSR count). The summed E-state index contributed by atoms with van der Waals surface area (Å²) in [5.41, 5.74) is 1.51. The standard InChI is InChI=1S/C22H12F3N3O2S/c23-22(24,25)21-26-17-11-8-14(12-18(17)31-21)19-27-20(30-28-19)13-6-9-16(10-7-13)29-15-4-2-1-3-5-15/h1-12H. The van der Waals surface area contributed by atoms with E-state index in [4.69, 9.17) is 9.26 Å². The predicted molar refractivity (Wildman–Crippen MR) is 110 cm³/mol. The lowest BCUT2D eigenvalue weighted by molar-refractivity contribution is -0.137. The van der Waals surface area contributed by atoms with E-state index in [1.54, 1.807) is 36.4 Å². The van der Waals surface area contributed by atoms with Crippen LogP contribution < -0.4 is 4.74 Å². The fraction of sp³-hybridized carbons (Fsp3) is 0.0455. The highest BCUT2D eigenvalue weighted by Crippen LogP contribution is 2.36. The lowest BCUT2D eigenvalue weighted by Crippen LogP contribution is -2.03. The van der Waals surface area contributed by atoms with Crippen LogP contribution in [0, 0.1) is 0 Å². The van der Waals surface area contributed by atoms with Crippen molar-refractivity contribution in [2.24, 2.45) is 0 Å². The summed E-state index contributed by atoms with van der Waals surface area (Å²) >= 11 is 0.582. The Morgan fingerprint density at radius 3 is 2.26 bits per heavy atom. The summed E-state index contributed by atoms with van der Waals surface area (Å²) in [4.78, 5) is 8.00. The number of alkyl halides is 3. The molecule has 0 spiro atoms. The third kappa shape index (κ3) is 3.99. The molecule has 0 radical (unpaired) electrons. The zero-order valence-electron chi connectivity index (χ0n) is 15.6. The molecule has 0 N–H and O–H groups in total. The lowest BCUT2D eigenvalue weighted by Gasteiger charge is -2.05. The lowest BCUT2D eigenvalue weighted by atomic mass is 10.2. The van der Waals surface area contributed by atoms with Crippen molar-refractivity contribution in [3.8, 4) is 34.3 Å². The molecular formula is C22H12F3N3O2S. The summed E-state index contributed by atoms with van der Waals surface area (Å²) in [6.45, 7) is 0. The van der Waals surface area contributed by atoms with Crippen LogP contribution in [-0.4, -0.2) is 15.1 Å². The van der Waals surface area contributed by atoms with Gasteiger partial charge in [-0.3, -0.25) is 0 Å². The molecule has 154 valence electrons. The number of thiazole rings is 1. The summed E-state index contributed by atoms with van der Waals surface area (Å²) in [5, 5.41) is 3.08. The number of aromatic nitrogens is 3. The average molecular weight is 439 g/mol. The highest BCUT2D eigenvalue weighted by Gasteiger charge is 2.34. The summed E-state index contributed by atoms with van der Waals surface area (Å²) in [6, 6.07) is 21.3. The van der Waals surface area contributed by atoms with Crippen LogP contribution in [0.3, 0.4) is 0 Å². The summed E-state index contributed by atoms with van der Waals surface area (Å²) in [7, 11) is 0. The Balaban J connectivity index is 1.38. The minimum Gasteiger partial charge on any atom is -0.457 e. The van der Waals surface area contributed by atoms with Crippen molar-refractivity contribution in [3.05, 3.63) is 77.8 Å². The molecule has 0 aliphatic rings. The second kappa shape index (κ2) is 7.51. The van der Waals surface area contributed by atoms with E-state index in [1.165, 1.54) is 6.07 Å². The molecule has 3 aromatic carbocycles.